The molecule has 4 nitrogen and oxygen atoms in total. The first kappa shape index (κ1) is 15.0. The maximum atomic E-state index is 12.3. The van der Waals surface area contributed by atoms with Gasteiger partial charge in [0.25, 0.3) is 5.91 Å². The molecule has 1 fully saturated rings. The van der Waals surface area contributed by atoms with Crippen molar-refractivity contribution in [1.82, 2.24) is 5.32 Å². The summed E-state index contributed by atoms with van der Waals surface area (Å²) >= 11 is 6.08. The maximum Gasteiger partial charge on any atom is 0.252 e. The summed E-state index contributed by atoms with van der Waals surface area (Å²) in [5, 5.41) is 21.9. The van der Waals surface area contributed by atoms with Crippen molar-refractivity contribution in [3.8, 4) is 11.5 Å². The van der Waals surface area contributed by atoms with Crippen molar-refractivity contribution in [3.05, 3.63) is 23.8 Å². The normalized spacial score (nSPS) is 26.2. The third-order valence-corrected chi connectivity index (χ3v) is 4.40. The molecule has 1 aromatic rings. The van der Waals surface area contributed by atoms with Crippen LogP contribution >= 0.6 is 11.6 Å². The number of phenols is 2. The Kier molecular flexibility index (Phi) is 4.43. The highest BCUT2D eigenvalue weighted by molar-refractivity contribution is 6.19. The Balaban J connectivity index is 2.16. The fourth-order valence-corrected chi connectivity index (χ4v) is 3.28. The molecule has 0 aliphatic heterocycles. The molecule has 2 atom stereocenters. The Hall–Kier alpha value is -1.42. The highest BCUT2D eigenvalue weighted by atomic mass is 35.5. The molecule has 3 N–H and O–H groups in total. The molecule has 0 radical (unpaired) electrons. The number of rotatable bonds is 3. The Morgan fingerprint density at radius 3 is 2.60 bits per heavy atom. The van der Waals surface area contributed by atoms with Gasteiger partial charge < -0.3 is 15.5 Å². The van der Waals surface area contributed by atoms with Crippen LogP contribution in [0.15, 0.2) is 18.2 Å². The Morgan fingerprint density at radius 1 is 1.40 bits per heavy atom. The highest BCUT2D eigenvalue weighted by Crippen LogP contribution is 2.33. The summed E-state index contributed by atoms with van der Waals surface area (Å²) < 4.78 is 0. The number of aromatic hydroxyl groups is 2. The Labute approximate surface area is 123 Å². The smallest absolute Gasteiger partial charge is 0.252 e. The Bertz CT molecular complexity index is 486. The molecule has 1 aliphatic rings. The molecule has 1 saturated carbocycles. The molecule has 1 aromatic carbocycles. The van der Waals surface area contributed by atoms with Gasteiger partial charge in [-0.1, -0.05) is 19.8 Å². The van der Waals surface area contributed by atoms with Gasteiger partial charge in [0.05, 0.1) is 5.54 Å². The van der Waals surface area contributed by atoms with Crippen LogP contribution in [0.2, 0.25) is 0 Å². The summed E-state index contributed by atoms with van der Waals surface area (Å²) in [5.41, 5.74) is -0.151. The van der Waals surface area contributed by atoms with Gasteiger partial charge in [-0.2, -0.15) is 0 Å². The van der Waals surface area contributed by atoms with Crippen molar-refractivity contribution in [2.75, 3.05) is 5.88 Å². The lowest BCUT2D eigenvalue weighted by atomic mass is 9.77. The molecular weight excluding hydrogens is 278 g/mol. The molecule has 0 heterocycles. The van der Waals surface area contributed by atoms with Crippen LogP contribution in [0.5, 0.6) is 11.5 Å². The van der Waals surface area contributed by atoms with Gasteiger partial charge in [0.1, 0.15) is 11.5 Å². The summed E-state index contributed by atoms with van der Waals surface area (Å²) in [6.45, 7) is 2.16. The number of benzene rings is 1. The lowest BCUT2D eigenvalue weighted by Gasteiger charge is -2.39. The van der Waals surface area contributed by atoms with Crippen molar-refractivity contribution in [1.29, 1.82) is 0 Å². The van der Waals surface area contributed by atoms with E-state index in [1.54, 1.807) is 0 Å². The van der Waals surface area contributed by atoms with E-state index in [1.165, 1.54) is 18.2 Å². The average molecular weight is 298 g/mol. The standard InChI is InChI=1S/C15H20ClNO3/c1-10-3-2-4-15(8-10,9-16)17-14(20)11-5-12(18)7-13(19)6-11/h5-7,10,18-19H,2-4,8-9H2,1H3,(H,17,20). The van der Waals surface area contributed by atoms with Crippen LogP contribution in [-0.4, -0.2) is 27.5 Å². The quantitative estimate of drug-likeness (QED) is 0.751. The van der Waals surface area contributed by atoms with Crippen molar-refractivity contribution >= 4 is 17.5 Å². The molecule has 1 amide bonds. The van der Waals surface area contributed by atoms with Gasteiger partial charge in [0, 0.05) is 17.5 Å². The second-order valence-corrected chi connectivity index (χ2v) is 6.07. The van der Waals surface area contributed by atoms with E-state index < -0.39 is 5.54 Å². The first-order chi connectivity index (χ1) is 9.44. The third kappa shape index (κ3) is 3.37. The van der Waals surface area contributed by atoms with E-state index in [0.717, 1.165) is 25.7 Å². The zero-order valence-electron chi connectivity index (χ0n) is 11.5. The zero-order chi connectivity index (χ0) is 14.8. The van der Waals surface area contributed by atoms with Crippen LogP contribution in [0.1, 0.15) is 43.0 Å². The molecule has 0 bridgehead atoms. The van der Waals surface area contributed by atoms with Crippen LogP contribution in [0.4, 0.5) is 0 Å². The van der Waals surface area contributed by atoms with Gasteiger partial charge in [0.2, 0.25) is 0 Å². The monoisotopic (exact) mass is 297 g/mol. The van der Waals surface area contributed by atoms with E-state index in [-0.39, 0.29) is 23.0 Å². The van der Waals surface area contributed by atoms with Gasteiger partial charge in [-0.3, -0.25) is 4.79 Å². The number of carbonyl (C=O) groups is 1. The van der Waals surface area contributed by atoms with Crippen LogP contribution in [-0.2, 0) is 0 Å². The minimum atomic E-state index is -0.391. The molecule has 1 aliphatic carbocycles. The van der Waals surface area contributed by atoms with E-state index in [9.17, 15) is 15.0 Å². The summed E-state index contributed by atoms with van der Waals surface area (Å²) in [6.07, 6.45) is 3.91. The average Bonchev–Trinajstić information content (AvgIpc) is 2.37. The largest absolute Gasteiger partial charge is 0.508 e. The first-order valence-corrected chi connectivity index (χ1v) is 7.39. The van der Waals surface area contributed by atoms with E-state index in [0.29, 0.717) is 11.8 Å². The summed E-state index contributed by atoms with van der Waals surface area (Å²) in [7, 11) is 0. The molecule has 0 aromatic heterocycles. The summed E-state index contributed by atoms with van der Waals surface area (Å²) in [5.74, 6) is 0.318. The number of carbonyl (C=O) groups excluding carboxylic acids is 1. The second-order valence-electron chi connectivity index (χ2n) is 5.81. The van der Waals surface area contributed by atoms with Crippen LogP contribution in [0, 0.1) is 5.92 Å². The minimum absolute atomic E-state index is 0.132. The number of alkyl halides is 1. The van der Waals surface area contributed by atoms with Gasteiger partial charge >= 0.3 is 0 Å². The fourth-order valence-electron chi connectivity index (χ4n) is 2.97. The molecule has 0 saturated heterocycles. The zero-order valence-corrected chi connectivity index (χ0v) is 12.3. The lowest BCUT2D eigenvalue weighted by Crippen LogP contribution is -2.52. The number of hydrogen-bond acceptors (Lipinski definition) is 3. The summed E-state index contributed by atoms with van der Waals surface area (Å²) in [6, 6.07) is 3.86. The molecule has 0 spiro atoms. The van der Waals surface area contributed by atoms with Gasteiger partial charge in [0.15, 0.2) is 0 Å². The van der Waals surface area contributed by atoms with E-state index in [2.05, 4.69) is 12.2 Å². The number of phenolic OH excluding ortho intramolecular Hbond substituents is 2. The maximum absolute atomic E-state index is 12.3. The van der Waals surface area contributed by atoms with Crippen molar-refractivity contribution in [3.63, 3.8) is 0 Å². The van der Waals surface area contributed by atoms with E-state index in [4.69, 9.17) is 11.6 Å². The molecule has 5 heteroatoms. The predicted molar refractivity (Wildman–Crippen MR) is 78.3 cm³/mol. The molecular formula is C15H20ClNO3. The number of amides is 1. The Morgan fingerprint density at radius 2 is 2.05 bits per heavy atom. The number of nitrogens with one attached hydrogen (secondary N) is 1. The first-order valence-electron chi connectivity index (χ1n) is 6.86. The molecule has 2 unspecified atom stereocenters. The van der Waals surface area contributed by atoms with Crippen LogP contribution < -0.4 is 5.32 Å². The second kappa shape index (κ2) is 5.92. The predicted octanol–water partition coefficient (Wildman–Crippen LogP) is 3.02. The molecule has 20 heavy (non-hydrogen) atoms. The number of halogens is 1. The van der Waals surface area contributed by atoms with Crippen LogP contribution in [0.3, 0.4) is 0 Å². The van der Waals surface area contributed by atoms with Crippen molar-refractivity contribution < 1.29 is 15.0 Å². The number of hydrogen-bond donors (Lipinski definition) is 3. The van der Waals surface area contributed by atoms with Crippen molar-refractivity contribution in [2.45, 2.75) is 38.1 Å². The topological polar surface area (TPSA) is 69.6 Å². The molecule has 2 rings (SSSR count). The SMILES string of the molecule is CC1CCCC(CCl)(NC(=O)c2cc(O)cc(O)c2)C1. The van der Waals surface area contributed by atoms with Gasteiger partial charge in [-0.15, -0.1) is 11.6 Å². The highest BCUT2D eigenvalue weighted by Gasteiger charge is 2.35. The van der Waals surface area contributed by atoms with Gasteiger partial charge in [-0.25, -0.2) is 0 Å². The minimum Gasteiger partial charge on any atom is -0.508 e. The third-order valence-electron chi connectivity index (χ3n) is 3.89. The van der Waals surface area contributed by atoms with E-state index >= 15 is 0 Å². The lowest BCUT2D eigenvalue weighted by molar-refractivity contribution is 0.0866. The molecule has 110 valence electrons. The van der Waals surface area contributed by atoms with Gasteiger partial charge in [-0.05, 0) is 30.9 Å². The summed E-state index contributed by atoms with van der Waals surface area (Å²) in [4.78, 5) is 12.3. The van der Waals surface area contributed by atoms with Crippen LogP contribution in [0.25, 0.3) is 0 Å². The fraction of sp³-hybridized carbons (Fsp3) is 0.533. The van der Waals surface area contributed by atoms with E-state index in [1.807, 2.05) is 0 Å². The van der Waals surface area contributed by atoms with Crippen molar-refractivity contribution in [2.24, 2.45) is 5.92 Å².